The fourth-order valence-corrected chi connectivity index (χ4v) is 4.43. The van der Waals surface area contributed by atoms with Gasteiger partial charge in [-0.15, -0.1) is 0 Å². The predicted molar refractivity (Wildman–Crippen MR) is 128 cm³/mol. The van der Waals surface area contributed by atoms with Gasteiger partial charge in [0, 0.05) is 5.69 Å². The molecule has 0 aliphatic rings. The van der Waals surface area contributed by atoms with Gasteiger partial charge in [0.05, 0.1) is 22.6 Å². The van der Waals surface area contributed by atoms with Crippen molar-refractivity contribution in [3.05, 3.63) is 83.4 Å². The molecule has 174 valence electrons. The van der Waals surface area contributed by atoms with Crippen molar-refractivity contribution in [1.29, 1.82) is 0 Å². The minimum atomic E-state index is -3.96. The number of halogens is 1. The van der Waals surface area contributed by atoms with Crippen LogP contribution in [0.2, 0.25) is 5.02 Å². The fraction of sp³-hybridized carbons (Fsp3) is 0.208. The lowest BCUT2D eigenvalue weighted by molar-refractivity contribution is -0.117. The van der Waals surface area contributed by atoms with Gasteiger partial charge in [0.25, 0.3) is 0 Å². The number of hydrogen-bond acceptors (Lipinski definition) is 5. The van der Waals surface area contributed by atoms with E-state index in [9.17, 15) is 13.2 Å². The van der Waals surface area contributed by atoms with Gasteiger partial charge in [-0.2, -0.15) is 4.72 Å². The molecule has 0 saturated carbocycles. The Bertz CT molecular complexity index is 1190. The van der Waals surface area contributed by atoms with Crippen LogP contribution >= 0.6 is 11.6 Å². The van der Waals surface area contributed by atoms with Crippen molar-refractivity contribution < 1.29 is 22.7 Å². The summed E-state index contributed by atoms with van der Waals surface area (Å²) < 4.78 is 38.7. The number of benzene rings is 3. The summed E-state index contributed by atoms with van der Waals surface area (Å²) in [5.74, 6) is 0.534. The van der Waals surface area contributed by atoms with Crippen molar-refractivity contribution in [3.8, 4) is 11.5 Å². The minimum Gasteiger partial charge on any atom is -0.492 e. The highest BCUT2D eigenvalue weighted by atomic mass is 35.5. The Morgan fingerprint density at radius 3 is 2.33 bits per heavy atom. The molecule has 0 saturated heterocycles. The van der Waals surface area contributed by atoms with E-state index in [1.807, 2.05) is 30.3 Å². The summed E-state index contributed by atoms with van der Waals surface area (Å²) >= 11 is 6.08. The second-order valence-electron chi connectivity index (χ2n) is 7.16. The molecule has 0 unspecified atom stereocenters. The maximum Gasteiger partial charge on any atom is 0.242 e. The van der Waals surface area contributed by atoms with Gasteiger partial charge >= 0.3 is 0 Å². The molecule has 0 aliphatic carbocycles. The van der Waals surface area contributed by atoms with Crippen LogP contribution in [0.25, 0.3) is 0 Å². The van der Waals surface area contributed by atoms with Crippen molar-refractivity contribution in [3.63, 3.8) is 0 Å². The van der Waals surface area contributed by atoms with Crippen molar-refractivity contribution in [2.75, 3.05) is 11.9 Å². The van der Waals surface area contributed by atoms with Gasteiger partial charge in [-0.25, -0.2) is 8.42 Å². The van der Waals surface area contributed by atoms with Gasteiger partial charge in [-0.05, 0) is 61.9 Å². The summed E-state index contributed by atoms with van der Waals surface area (Å²) in [6.07, 6.45) is 0. The largest absolute Gasteiger partial charge is 0.492 e. The number of sulfonamides is 1. The Hall–Kier alpha value is -3.07. The molecule has 0 aliphatic heterocycles. The molecule has 7 nitrogen and oxygen atoms in total. The average Bonchev–Trinajstić information content (AvgIpc) is 2.80. The lowest BCUT2D eigenvalue weighted by Crippen LogP contribution is -2.41. The zero-order chi connectivity index (χ0) is 23.8. The number of nitrogens with one attached hydrogen (secondary N) is 2. The molecule has 2 N–H and O–H groups in total. The summed E-state index contributed by atoms with van der Waals surface area (Å²) in [5, 5.41) is 2.86. The summed E-state index contributed by atoms with van der Waals surface area (Å²) in [6.45, 7) is 4.09. The van der Waals surface area contributed by atoms with Crippen LogP contribution in [0.5, 0.6) is 11.5 Å². The number of amides is 1. The SMILES string of the molecule is CCOc1ccc(S(=O)(=O)N[C@@H](C)C(=O)Nc2ccc(OCc3ccccc3)cc2)cc1Cl. The predicted octanol–water partition coefficient (Wildman–Crippen LogP) is 4.62. The molecule has 0 aromatic heterocycles. The van der Waals surface area contributed by atoms with Crippen LogP contribution in [0, 0.1) is 0 Å². The Morgan fingerprint density at radius 1 is 1.00 bits per heavy atom. The van der Waals surface area contributed by atoms with E-state index in [1.165, 1.54) is 25.1 Å². The van der Waals surface area contributed by atoms with Crippen LogP contribution in [0.15, 0.2) is 77.7 Å². The maximum atomic E-state index is 12.6. The first-order chi connectivity index (χ1) is 15.8. The molecule has 1 amide bonds. The number of anilines is 1. The monoisotopic (exact) mass is 488 g/mol. The summed E-state index contributed by atoms with van der Waals surface area (Å²) in [5.41, 5.74) is 1.56. The summed E-state index contributed by atoms with van der Waals surface area (Å²) in [6, 6.07) is 19.7. The third kappa shape index (κ3) is 6.95. The second kappa shape index (κ2) is 11.2. The lowest BCUT2D eigenvalue weighted by Gasteiger charge is -2.15. The van der Waals surface area contributed by atoms with Gasteiger partial charge in [-0.3, -0.25) is 4.79 Å². The van der Waals surface area contributed by atoms with E-state index in [0.717, 1.165) is 5.56 Å². The molecule has 9 heteroatoms. The minimum absolute atomic E-state index is 0.0597. The molecule has 3 aromatic carbocycles. The van der Waals surface area contributed by atoms with E-state index >= 15 is 0 Å². The van der Waals surface area contributed by atoms with Gasteiger partial charge in [0.15, 0.2) is 0 Å². The zero-order valence-corrected chi connectivity index (χ0v) is 19.8. The first-order valence-corrected chi connectivity index (χ1v) is 12.2. The average molecular weight is 489 g/mol. The van der Waals surface area contributed by atoms with E-state index in [-0.39, 0.29) is 9.92 Å². The molecule has 0 radical (unpaired) electrons. The highest BCUT2D eigenvalue weighted by molar-refractivity contribution is 7.89. The van der Waals surface area contributed by atoms with E-state index in [0.29, 0.717) is 30.4 Å². The van der Waals surface area contributed by atoms with Crippen LogP contribution in [-0.4, -0.2) is 27.0 Å². The van der Waals surface area contributed by atoms with Crippen molar-refractivity contribution in [2.45, 2.75) is 31.4 Å². The van der Waals surface area contributed by atoms with E-state index in [4.69, 9.17) is 21.1 Å². The second-order valence-corrected chi connectivity index (χ2v) is 9.28. The number of carbonyl (C=O) groups excluding carboxylic acids is 1. The maximum absolute atomic E-state index is 12.6. The number of hydrogen-bond donors (Lipinski definition) is 2. The Balaban J connectivity index is 1.57. The zero-order valence-electron chi connectivity index (χ0n) is 18.2. The third-order valence-corrected chi connectivity index (χ3v) is 6.44. The van der Waals surface area contributed by atoms with E-state index in [1.54, 1.807) is 31.2 Å². The van der Waals surface area contributed by atoms with Crippen LogP contribution < -0.4 is 19.5 Å². The van der Waals surface area contributed by atoms with E-state index < -0.39 is 22.0 Å². The topological polar surface area (TPSA) is 93.7 Å². The van der Waals surface area contributed by atoms with Crippen LogP contribution in [0.1, 0.15) is 19.4 Å². The Kier molecular flexibility index (Phi) is 8.32. The van der Waals surface area contributed by atoms with Crippen molar-refractivity contribution in [2.24, 2.45) is 0 Å². The standard InChI is InChI=1S/C24H25ClN2O5S/c1-3-31-23-14-13-21(15-22(23)25)33(29,30)27-17(2)24(28)26-19-9-11-20(12-10-19)32-16-18-7-5-4-6-8-18/h4-15,17,27H,3,16H2,1-2H3,(H,26,28)/t17-/m0/s1. The molecule has 3 rings (SSSR count). The van der Waals surface area contributed by atoms with Crippen molar-refractivity contribution in [1.82, 2.24) is 4.72 Å². The number of carbonyl (C=O) groups is 1. The Labute approximate surface area is 198 Å². The molecule has 0 spiro atoms. The smallest absolute Gasteiger partial charge is 0.242 e. The van der Waals surface area contributed by atoms with Gasteiger partial charge < -0.3 is 14.8 Å². The molecule has 0 fully saturated rings. The fourth-order valence-electron chi connectivity index (χ4n) is 2.90. The molecule has 0 heterocycles. The van der Waals surface area contributed by atoms with Crippen LogP contribution in [-0.2, 0) is 21.4 Å². The molecule has 3 aromatic rings. The molecule has 1 atom stereocenters. The summed E-state index contributed by atoms with van der Waals surface area (Å²) in [7, 11) is -3.96. The normalized spacial score (nSPS) is 12.1. The van der Waals surface area contributed by atoms with Gasteiger partial charge in [-0.1, -0.05) is 41.9 Å². The quantitative estimate of drug-likeness (QED) is 0.434. The first kappa shape index (κ1) is 24.6. The highest BCUT2D eigenvalue weighted by Gasteiger charge is 2.23. The summed E-state index contributed by atoms with van der Waals surface area (Å²) in [4.78, 5) is 12.4. The van der Waals surface area contributed by atoms with Crippen LogP contribution in [0.3, 0.4) is 0 Å². The van der Waals surface area contributed by atoms with Crippen LogP contribution in [0.4, 0.5) is 5.69 Å². The Morgan fingerprint density at radius 2 is 1.70 bits per heavy atom. The molecule has 33 heavy (non-hydrogen) atoms. The highest BCUT2D eigenvalue weighted by Crippen LogP contribution is 2.27. The third-order valence-electron chi connectivity index (χ3n) is 4.61. The first-order valence-electron chi connectivity index (χ1n) is 10.3. The molecule has 0 bridgehead atoms. The van der Waals surface area contributed by atoms with Crippen molar-refractivity contribution >= 4 is 33.2 Å². The lowest BCUT2D eigenvalue weighted by atomic mass is 10.2. The molecular formula is C24H25ClN2O5S. The number of ether oxygens (including phenoxy) is 2. The van der Waals surface area contributed by atoms with Gasteiger partial charge in [0.1, 0.15) is 18.1 Å². The number of rotatable bonds is 10. The molecular weight excluding hydrogens is 464 g/mol. The van der Waals surface area contributed by atoms with E-state index in [2.05, 4.69) is 10.0 Å². The van der Waals surface area contributed by atoms with Gasteiger partial charge in [0.2, 0.25) is 15.9 Å².